The van der Waals surface area contributed by atoms with E-state index < -0.39 is 0 Å². The number of hydrogen-bond donors (Lipinski definition) is 1. The van der Waals surface area contributed by atoms with Gasteiger partial charge in [0.2, 0.25) is 0 Å². The fraction of sp³-hybridized carbons (Fsp3) is 1.00. The Morgan fingerprint density at radius 1 is 1.22 bits per heavy atom. The summed E-state index contributed by atoms with van der Waals surface area (Å²) in [5.41, 5.74) is 0. The first kappa shape index (κ1) is 14.3. The quantitative estimate of drug-likeness (QED) is 0.755. The molecule has 0 amide bonds. The van der Waals surface area contributed by atoms with Gasteiger partial charge in [-0.05, 0) is 58.2 Å². The molecule has 0 aliphatic carbocycles. The summed E-state index contributed by atoms with van der Waals surface area (Å²) in [4.78, 5) is 2.57. The zero-order valence-electron chi connectivity index (χ0n) is 12.0. The highest BCUT2D eigenvalue weighted by Crippen LogP contribution is 2.15. The second-order valence-corrected chi connectivity index (χ2v) is 5.82. The number of piperidine rings is 1. The lowest BCUT2D eigenvalue weighted by Gasteiger charge is -2.26. The fourth-order valence-corrected chi connectivity index (χ4v) is 3.19. The summed E-state index contributed by atoms with van der Waals surface area (Å²) in [5.74, 6) is 0. The first-order valence-electron chi connectivity index (χ1n) is 7.96. The van der Waals surface area contributed by atoms with Crippen molar-refractivity contribution in [3.05, 3.63) is 0 Å². The molecule has 2 saturated heterocycles. The average Bonchev–Trinajstić information content (AvgIpc) is 2.92. The third kappa shape index (κ3) is 4.87. The second-order valence-electron chi connectivity index (χ2n) is 5.82. The molecule has 1 N–H and O–H groups in total. The van der Waals surface area contributed by atoms with E-state index in [0.29, 0.717) is 6.10 Å². The van der Waals surface area contributed by atoms with Crippen LogP contribution in [0.2, 0.25) is 0 Å². The Labute approximate surface area is 112 Å². The van der Waals surface area contributed by atoms with Crippen molar-refractivity contribution in [2.45, 2.75) is 64.0 Å². The van der Waals surface area contributed by atoms with Gasteiger partial charge in [-0.15, -0.1) is 0 Å². The highest BCUT2D eigenvalue weighted by Gasteiger charge is 2.18. The summed E-state index contributed by atoms with van der Waals surface area (Å²) in [6.07, 6.45) is 9.90. The van der Waals surface area contributed by atoms with Crippen molar-refractivity contribution < 1.29 is 4.74 Å². The number of rotatable bonds is 7. The molecule has 3 nitrogen and oxygen atoms in total. The predicted octanol–water partition coefficient (Wildman–Crippen LogP) is 2.41. The van der Waals surface area contributed by atoms with Crippen LogP contribution in [0, 0.1) is 0 Å². The van der Waals surface area contributed by atoms with Gasteiger partial charge in [0, 0.05) is 19.2 Å². The molecule has 0 radical (unpaired) electrons. The summed E-state index contributed by atoms with van der Waals surface area (Å²) < 4.78 is 5.73. The number of nitrogens with one attached hydrogen (secondary N) is 1. The summed E-state index contributed by atoms with van der Waals surface area (Å²) in [6, 6.07) is 0.792. The van der Waals surface area contributed by atoms with Crippen molar-refractivity contribution >= 4 is 0 Å². The maximum absolute atomic E-state index is 5.73. The average molecular weight is 254 g/mol. The smallest absolute Gasteiger partial charge is 0.0702 e. The van der Waals surface area contributed by atoms with Crippen molar-refractivity contribution in [3.8, 4) is 0 Å². The van der Waals surface area contributed by atoms with Gasteiger partial charge < -0.3 is 15.0 Å². The number of nitrogens with zero attached hydrogens (tertiary/aromatic N) is 1. The molecule has 3 heteroatoms. The first-order valence-corrected chi connectivity index (χ1v) is 7.96. The lowest BCUT2D eigenvalue weighted by molar-refractivity contribution is 0.0739. The van der Waals surface area contributed by atoms with Gasteiger partial charge >= 0.3 is 0 Å². The molecule has 0 bridgehead atoms. The summed E-state index contributed by atoms with van der Waals surface area (Å²) in [5, 5.41) is 3.64. The van der Waals surface area contributed by atoms with Gasteiger partial charge in [-0.1, -0.05) is 13.3 Å². The molecule has 0 aromatic carbocycles. The zero-order valence-corrected chi connectivity index (χ0v) is 12.0. The lowest BCUT2D eigenvalue weighted by Crippen LogP contribution is -2.36. The first-order chi connectivity index (χ1) is 8.88. The van der Waals surface area contributed by atoms with E-state index in [2.05, 4.69) is 17.1 Å². The van der Waals surface area contributed by atoms with Crippen LogP contribution in [0.3, 0.4) is 0 Å². The van der Waals surface area contributed by atoms with Crippen LogP contribution in [0.15, 0.2) is 0 Å². The SMILES string of the molecule is CCN(CCCC1CCCCN1)CC1CCCO1. The maximum Gasteiger partial charge on any atom is 0.0702 e. The Kier molecular flexibility index (Phi) is 6.46. The standard InChI is InChI=1S/C15H30N2O/c1-2-17(13-15-9-6-12-18-15)11-5-8-14-7-3-4-10-16-14/h14-16H,2-13H2,1H3. The van der Waals surface area contributed by atoms with Crippen molar-refractivity contribution in [3.63, 3.8) is 0 Å². The van der Waals surface area contributed by atoms with Crippen molar-refractivity contribution in [1.29, 1.82) is 0 Å². The van der Waals surface area contributed by atoms with Crippen LogP contribution in [0.1, 0.15) is 51.9 Å². The highest BCUT2D eigenvalue weighted by atomic mass is 16.5. The Bertz CT molecular complexity index is 211. The minimum absolute atomic E-state index is 0.512. The summed E-state index contributed by atoms with van der Waals surface area (Å²) >= 11 is 0. The Morgan fingerprint density at radius 3 is 2.83 bits per heavy atom. The molecule has 0 aromatic heterocycles. The topological polar surface area (TPSA) is 24.5 Å². The third-order valence-corrected chi connectivity index (χ3v) is 4.37. The lowest BCUT2D eigenvalue weighted by atomic mass is 10.0. The summed E-state index contributed by atoms with van der Waals surface area (Å²) in [7, 11) is 0. The summed E-state index contributed by atoms with van der Waals surface area (Å²) in [6.45, 7) is 8.04. The normalized spacial score (nSPS) is 29.0. The largest absolute Gasteiger partial charge is 0.377 e. The van der Waals surface area contributed by atoms with Crippen LogP contribution < -0.4 is 5.32 Å². The Morgan fingerprint density at radius 2 is 2.17 bits per heavy atom. The number of ether oxygens (including phenoxy) is 1. The minimum Gasteiger partial charge on any atom is -0.377 e. The molecule has 2 aliphatic heterocycles. The molecule has 0 spiro atoms. The van der Waals surface area contributed by atoms with Gasteiger partial charge in [-0.2, -0.15) is 0 Å². The Hall–Kier alpha value is -0.120. The molecule has 0 saturated carbocycles. The molecule has 2 unspecified atom stereocenters. The highest BCUT2D eigenvalue weighted by molar-refractivity contribution is 4.74. The molecule has 2 rings (SSSR count). The van der Waals surface area contributed by atoms with Gasteiger partial charge in [-0.25, -0.2) is 0 Å². The maximum atomic E-state index is 5.73. The molecule has 2 atom stereocenters. The number of likely N-dealkylation sites (N-methyl/N-ethyl adjacent to an activating group) is 1. The minimum atomic E-state index is 0.512. The van der Waals surface area contributed by atoms with Gasteiger partial charge in [-0.3, -0.25) is 0 Å². The van der Waals surface area contributed by atoms with Crippen LogP contribution >= 0.6 is 0 Å². The van der Waals surface area contributed by atoms with E-state index in [1.807, 2.05) is 0 Å². The molecular formula is C15H30N2O. The van der Waals surface area contributed by atoms with Crippen LogP contribution in [0.5, 0.6) is 0 Å². The molecule has 18 heavy (non-hydrogen) atoms. The molecular weight excluding hydrogens is 224 g/mol. The monoisotopic (exact) mass is 254 g/mol. The number of hydrogen-bond acceptors (Lipinski definition) is 3. The zero-order chi connectivity index (χ0) is 12.6. The van der Waals surface area contributed by atoms with Gasteiger partial charge in [0.25, 0.3) is 0 Å². The molecule has 2 heterocycles. The van der Waals surface area contributed by atoms with Crippen LogP contribution in [0.4, 0.5) is 0 Å². The molecule has 2 aliphatic rings. The molecule has 2 fully saturated rings. The van der Waals surface area contributed by atoms with Gasteiger partial charge in [0.05, 0.1) is 6.10 Å². The van der Waals surface area contributed by atoms with Gasteiger partial charge in [0.1, 0.15) is 0 Å². The van der Waals surface area contributed by atoms with E-state index in [4.69, 9.17) is 4.74 Å². The van der Waals surface area contributed by atoms with Crippen molar-refractivity contribution in [2.75, 3.05) is 32.8 Å². The van der Waals surface area contributed by atoms with E-state index in [1.165, 1.54) is 58.0 Å². The van der Waals surface area contributed by atoms with Crippen LogP contribution in [-0.4, -0.2) is 49.8 Å². The Balaban J connectivity index is 1.57. The van der Waals surface area contributed by atoms with Crippen LogP contribution in [-0.2, 0) is 4.74 Å². The second kappa shape index (κ2) is 8.13. The van der Waals surface area contributed by atoms with Crippen molar-refractivity contribution in [2.24, 2.45) is 0 Å². The molecule has 106 valence electrons. The van der Waals surface area contributed by atoms with Crippen LogP contribution in [0.25, 0.3) is 0 Å². The fourth-order valence-electron chi connectivity index (χ4n) is 3.19. The molecule has 0 aromatic rings. The predicted molar refractivity (Wildman–Crippen MR) is 76.0 cm³/mol. The van der Waals surface area contributed by atoms with E-state index >= 15 is 0 Å². The van der Waals surface area contributed by atoms with E-state index in [0.717, 1.165) is 25.7 Å². The van der Waals surface area contributed by atoms with Gasteiger partial charge in [0.15, 0.2) is 0 Å². The third-order valence-electron chi connectivity index (χ3n) is 4.37. The van der Waals surface area contributed by atoms with Crippen molar-refractivity contribution in [1.82, 2.24) is 10.2 Å². The van der Waals surface area contributed by atoms with E-state index in [1.54, 1.807) is 0 Å². The van der Waals surface area contributed by atoms with E-state index in [9.17, 15) is 0 Å². The van der Waals surface area contributed by atoms with E-state index in [-0.39, 0.29) is 0 Å².